The second kappa shape index (κ2) is 9.01. The predicted octanol–water partition coefficient (Wildman–Crippen LogP) is 2.13. The van der Waals surface area contributed by atoms with Gasteiger partial charge in [0.05, 0.1) is 6.04 Å². The molecule has 2 aromatic rings. The molecule has 0 unspecified atom stereocenters. The molecule has 1 aliphatic carbocycles. The standard InChI is InChI=1S/C21H28N4O3/c1-14(16-6-4-3-5-7-16)25-19(12-18(24-25)20(27)22-2)21(28)23-17-10-8-15(13-26)9-11-17/h3-7,12,14-15,17,26H,8-11,13H2,1-2H3,(H,22,27)(H,23,28)/t14-,15-,17-/m0/s1. The number of hydrogen-bond acceptors (Lipinski definition) is 4. The van der Waals surface area contributed by atoms with Crippen LogP contribution in [-0.2, 0) is 0 Å². The summed E-state index contributed by atoms with van der Waals surface area (Å²) in [4.78, 5) is 25.1. The van der Waals surface area contributed by atoms with Crippen LogP contribution in [0.25, 0.3) is 0 Å². The van der Waals surface area contributed by atoms with Gasteiger partial charge in [0.15, 0.2) is 5.69 Å². The number of rotatable bonds is 6. The molecule has 1 aliphatic rings. The van der Waals surface area contributed by atoms with Gasteiger partial charge in [-0.1, -0.05) is 30.3 Å². The highest BCUT2D eigenvalue weighted by atomic mass is 16.3. The fourth-order valence-corrected chi connectivity index (χ4v) is 3.72. The van der Waals surface area contributed by atoms with Crippen LogP contribution in [0.4, 0.5) is 0 Å². The van der Waals surface area contributed by atoms with Crippen LogP contribution in [0, 0.1) is 5.92 Å². The van der Waals surface area contributed by atoms with Crippen molar-refractivity contribution < 1.29 is 14.7 Å². The summed E-state index contributed by atoms with van der Waals surface area (Å²) in [5, 5.41) is 19.3. The molecule has 3 rings (SSSR count). The summed E-state index contributed by atoms with van der Waals surface area (Å²) in [6.45, 7) is 2.16. The monoisotopic (exact) mass is 384 g/mol. The fraction of sp³-hybridized carbons (Fsp3) is 0.476. The zero-order chi connectivity index (χ0) is 20.1. The van der Waals surface area contributed by atoms with Crippen LogP contribution in [-0.4, -0.2) is 46.4 Å². The lowest BCUT2D eigenvalue weighted by Crippen LogP contribution is -2.39. The van der Waals surface area contributed by atoms with Crippen molar-refractivity contribution in [2.75, 3.05) is 13.7 Å². The van der Waals surface area contributed by atoms with Crippen molar-refractivity contribution in [3.8, 4) is 0 Å². The van der Waals surface area contributed by atoms with Crippen molar-refractivity contribution in [3.63, 3.8) is 0 Å². The van der Waals surface area contributed by atoms with Crippen LogP contribution < -0.4 is 10.6 Å². The summed E-state index contributed by atoms with van der Waals surface area (Å²) in [5.74, 6) is -0.217. The van der Waals surface area contributed by atoms with Crippen LogP contribution in [0.1, 0.15) is 65.2 Å². The second-order valence-electron chi connectivity index (χ2n) is 7.40. The number of aliphatic hydroxyl groups excluding tert-OH is 1. The summed E-state index contributed by atoms with van der Waals surface area (Å²) in [6, 6.07) is 11.2. The summed E-state index contributed by atoms with van der Waals surface area (Å²) in [6.07, 6.45) is 3.51. The number of hydrogen-bond donors (Lipinski definition) is 3. The third kappa shape index (κ3) is 4.42. The normalized spacial score (nSPS) is 20.4. The molecule has 1 heterocycles. The predicted molar refractivity (Wildman–Crippen MR) is 106 cm³/mol. The van der Waals surface area contributed by atoms with Crippen molar-refractivity contribution >= 4 is 11.8 Å². The Bertz CT molecular complexity index is 810. The van der Waals surface area contributed by atoms with E-state index in [2.05, 4.69) is 15.7 Å². The van der Waals surface area contributed by atoms with Crippen molar-refractivity contribution in [2.24, 2.45) is 5.92 Å². The van der Waals surface area contributed by atoms with Crippen LogP contribution in [0.15, 0.2) is 36.4 Å². The average Bonchev–Trinajstić information content (AvgIpc) is 3.19. The first kappa shape index (κ1) is 20.1. The second-order valence-corrected chi connectivity index (χ2v) is 7.40. The van der Waals surface area contributed by atoms with E-state index in [0.717, 1.165) is 31.2 Å². The Morgan fingerprint density at radius 2 is 1.86 bits per heavy atom. The molecule has 150 valence electrons. The molecule has 1 saturated carbocycles. The van der Waals surface area contributed by atoms with Gasteiger partial charge in [-0.05, 0) is 44.1 Å². The van der Waals surface area contributed by atoms with Crippen LogP contribution in [0.3, 0.4) is 0 Å². The number of amides is 2. The number of benzene rings is 1. The van der Waals surface area contributed by atoms with E-state index in [-0.39, 0.29) is 36.2 Å². The molecule has 0 spiro atoms. The zero-order valence-corrected chi connectivity index (χ0v) is 16.4. The SMILES string of the molecule is CNC(=O)c1cc(C(=O)N[C@H]2CC[C@H](CO)CC2)n([C@@H](C)c2ccccc2)n1. The smallest absolute Gasteiger partial charge is 0.271 e. The number of nitrogens with one attached hydrogen (secondary N) is 2. The Morgan fingerprint density at radius 3 is 2.46 bits per heavy atom. The van der Waals surface area contributed by atoms with E-state index < -0.39 is 0 Å². The van der Waals surface area contributed by atoms with Gasteiger partial charge in [0.25, 0.3) is 11.8 Å². The minimum absolute atomic E-state index is 0.0779. The number of aromatic nitrogens is 2. The first-order chi connectivity index (χ1) is 13.5. The third-order valence-electron chi connectivity index (χ3n) is 5.52. The maximum Gasteiger partial charge on any atom is 0.271 e. The van der Waals surface area contributed by atoms with E-state index >= 15 is 0 Å². The lowest BCUT2D eigenvalue weighted by Gasteiger charge is -2.28. The Morgan fingerprint density at radius 1 is 1.18 bits per heavy atom. The number of carbonyl (C=O) groups is 2. The first-order valence-electron chi connectivity index (χ1n) is 9.81. The molecule has 7 nitrogen and oxygen atoms in total. The van der Waals surface area contributed by atoms with Gasteiger partial charge in [0.1, 0.15) is 5.69 Å². The number of aliphatic hydroxyl groups is 1. The lowest BCUT2D eigenvalue weighted by atomic mass is 9.86. The highest BCUT2D eigenvalue weighted by molar-refractivity contribution is 5.98. The molecule has 3 N–H and O–H groups in total. The molecule has 28 heavy (non-hydrogen) atoms. The van der Waals surface area contributed by atoms with Crippen molar-refractivity contribution in [1.82, 2.24) is 20.4 Å². The van der Waals surface area contributed by atoms with Crippen molar-refractivity contribution in [1.29, 1.82) is 0 Å². The summed E-state index contributed by atoms with van der Waals surface area (Å²) >= 11 is 0. The molecule has 1 aromatic carbocycles. The zero-order valence-electron chi connectivity index (χ0n) is 16.4. The van der Waals surface area contributed by atoms with Gasteiger partial charge in [-0.3, -0.25) is 14.3 Å². The van der Waals surface area contributed by atoms with Crippen molar-refractivity contribution in [2.45, 2.75) is 44.7 Å². The Labute approximate surface area is 165 Å². The van der Waals surface area contributed by atoms with E-state index in [1.165, 1.54) is 0 Å². The van der Waals surface area contributed by atoms with Crippen LogP contribution in [0.2, 0.25) is 0 Å². The molecular formula is C21H28N4O3. The fourth-order valence-electron chi connectivity index (χ4n) is 3.72. The van der Waals surface area contributed by atoms with Gasteiger partial charge in [0, 0.05) is 25.8 Å². The molecular weight excluding hydrogens is 356 g/mol. The van der Waals surface area contributed by atoms with E-state index in [1.807, 2.05) is 37.3 Å². The van der Waals surface area contributed by atoms with E-state index in [1.54, 1.807) is 17.8 Å². The van der Waals surface area contributed by atoms with Gasteiger partial charge in [0.2, 0.25) is 0 Å². The van der Waals surface area contributed by atoms with Gasteiger partial charge in [-0.25, -0.2) is 0 Å². The quantitative estimate of drug-likeness (QED) is 0.711. The Kier molecular flexibility index (Phi) is 6.46. The van der Waals surface area contributed by atoms with Gasteiger partial charge < -0.3 is 15.7 Å². The maximum atomic E-state index is 13.0. The van der Waals surface area contributed by atoms with Gasteiger partial charge >= 0.3 is 0 Å². The lowest BCUT2D eigenvalue weighted by molar-refractivity contribution is 0.0900. The third-order valence-corrected chi connectivity index (χ3v) is 5.52. The van der Waals surface area contributed by atoms with E-state index in [9.17, 15) is 14.7 Å². The van der Waals surface area contributed by atoms with E-state index in [0.29, 0.717) is 11.6 Å². The largest absolute Gasteiger partial charge is 0.396 e. The molecule has 1 aromatic heterocycles. The number of nitrogens with zero attached hydrogens (tertiary/aromatic N) is 2. The number of carbonyl (C=O) groups excluding carboxylic acids is 2. The van der Waals surface area contributed by atoms with Gasteiger partial charge in [-0.15, -0.1) is 0 Å². The molecule has 0 aliphatic heterocycles. The topological polar surface area (TPSA) is 96.3 Å². The first-order valence-corrected chi connectivity index (χ1v) is 9.81. The molecule has 1 fully saturated rings. The highest BCUT2D eigenvalue weighted by Gasteiger charge is 2.26. The minimum Gasteiger partial charge on any atom is -0.396 e. The maximum absolute atomic E-state index is 13.0. The molecule has 7 heteroatoms. The molecule has 0 radical (unpaired) electrons. The summed E-state index contributed by atoms with van der Waals surface area (Å²) in [5.41, 5.74) is 1.60. The summed E-state index contributed by atoms with van der Waals surface area (Å²) < 4.78 is 1.62. The average molecular weight is 384 g/mol. The van der Waals surface area contributed by atoms with Crippen molar-refractivity contribution in [3.05, 3.63) is 53.3 Å². The highest BCUT2D eigenvalue weighted by Crippen LogP contribution is 2.25. The Balaban J connectivity index is 1.83. The Hall–Kier alpha value is -2.67. The van der Waals surface area contributed by atoms with Gasteiger partial charge in [-0.2, -0.15) is 5.10 Å². The molecule has 0 saturated heterocycles. The summed E-state index contributed by atoms with van der Waals surface area (Å²) in [7, 11) is 1.54. The van der Waals surface area contributed by atoms with E-state index in [4.69, 9.17) is 0 Å². The van der Waals surface area contributed by atoms with Crippen LogP contribution >= 0.6 is 0 Å². The minimum atomic E-state index is -0.323. The molecule has 0 bridgehead atoms. The molecule has 2 amide bonds. The van der Waals surface area contributed by atoms with Crippen LogP contribution in [0.5, 0.6) is 0 Å². The molecule has 1 atom stereocenters.